The first kappa shape index (κ1) is 25.8. The molecule has 192 valence electrons. The van der Waals surface area contributed by atoms with Gasteiger partial charge in [0.25, 0.3) is 5.91 Å². The molecule has 0 fully saturated rings. The van der Waals surface area contributed by atoms with E-state index in [1.807, 2.05) is 45.0 Å². The van der Waals surface area contributed by atoms with Crippen molar-refractivity contribution in [2.24, 2.45) is 16.6 Å². The van der Waals surface area contributed by atoms with E-state index in [9.17, 15) is 14.7 Å². The predicted molar refractivity (Wildman–Crippen MR) is 136 cm³/mol. The van der Waals surface area contributed by atoms with Crippen LogP contribution in [-0.2, 0) is 16.0 Å². The highest BCUT2D eigenvalue weighted by atomic mass is 16.5. The van der Waals surface area contributed by atoms with Gasteiger partial charge in [0, 0.05) is 32.5 Å². The maximum atomic E-state index is 13.3. The van der Waals surface area contributed by atoms with Gasteiger partial charge in [-0.2, -0.15) is 0 Å². The number of carbonyl (C=O) groups excluding carboxylic acids is 2. The summed E-state index contributed by atoms with van der Waals surface area (Å²) in [5.41, 5.74) is 8.71. The molecule has 36 heavy (non-hydrogen) atoms. The Hall–Kier alpha value is -3.30. The van der Waals surface area contributed by atoms with E-state index in [0.717, 1.165) is 11.1 Å². The molecule has 9 nitrogen and oxygen atoms in total. The first-order valence-corrected chi connectivity index (χ1v) is 12.3. The Morgan fingerprint density at radius 1 is 1.33 bits per heavy atom. The molecule has 1 aliphatic carbocycles. The number of hydrogen-bond acceptors (Lipinski definition) is 7. The highest BCUT2D eigenvalue weighted by Gasteiger charge is 2.41. The number of hydrogen-bond donors (Lipinski definition) is 3. The summed E-state index contributed by atoms with van der Waals surface area (Å²) in [6, 6.07) is 8.42. The molecule has 2 aliphatic rings. The van der Waals surface area contributed by atoms with Gasteiger partial charge in [0.2, 0.25) is 5.91 Å². The van der Waals surface area contributed by atoms with E-state index in [4.69, 9.17) is 10.5 Å². The van der Waals surface area contributed by atoms with Crippen molar-refractivity contribution in [1.29, 1.82) is 0 Å². The molecule has 1 aromatic carbocycles. The van der Waals surface area contributed by atoms with Gasteiger partial charge >= 0.3 is 0 Å². The van der Waals surface area contributed by atoms with Crippen LogP contribution in [0.2, 0.25) is 0 Å². The molecule has 0 saturated heterocycles. The lowest BCUT2D eigenvalue weighted by Gasteiger charge is -2.40. The molecular weight excluding hydrogens is 458 g/mol. The number of carbonyl (C=O) groups is 2. The Bertz CT molecular complexity index is 1170. The molecule has 1 aliphatic heterocycles. The van der Waals surface area contributed by atoms with Gasteiger partial charge in [-0.1, -0.05) is 38.1 Å². The van der Waals surface area contributed by atoms with Crippen LogP contribution < -0.4 is 11.1 Å². The fraction of sp³-hybridized carbons (Fsp3) is 0.481. The number of benzene rings is 1. The van der Waals surface area contributed by atoms with E-state index in [1.54, 1.807) is 19.4 Å². The molecule has 4 rings (SSSR count). The quantitative estimate of drug-likeness (QED) is 0.518. The summed E-state index contributed by atoms with van der Waals surface area (Å²) >= 11 is 0. The lowest BCUT2D eigenvalue weighted by molar-refractivity contribution is -0.132. The lowest BCUT2D eigenvalue weighted by atomic mass is 9.84. The first-order valence-electron chi connectivity index (χ1n) is 12.3. The topological polar surface area (TPSA) is 130 Å². The predicted octanol–water partition coefficient (Wildman–Crippen LogP) is 2.51. The van der Waals surface area contributed by atoms with E-state index in [1.165, 1.54) is 11.1 Å². The maximum Gasteiger partial charge on any atom is 0.253 e. The van der Waals surface area contributed by atoms with Crippen LogP contribution in [0.1, 0.15) is 72.7 Å². The van der Waals surface area contributed by atoms with Crippen molar-refractivity contribution >= 4 is 17.8 Å². The van der Waals surface area contributed by atoms with Gasteiger partial charge < -0.3 is 20.9 Å². The van der Waals surface area contributed by atoms with E-state index in [-0.39, 0.29) is 30.1 Å². The number of pyridine rings is 1. The highest BCUT2D eigenvalue weighted by Crippen LogP contribution is 2.35. The van der Waals surface area contributed by atoms with Crippen molar-refractivity contribution < 1.29 is 19.4 Å². The molecule has 0 spiro atoms. The van der Waals surface area contributed by atoms with Crippen molar-refractivity contribution in [1.82, 2.24) is 15.2 Å². The summed E-state index contributed by atoms with van der Waals surface area (Å²) in [4.78, 5) is 37.0. The second kappa shape index (κ2) is 10.4. The Labute approximate surface area is 211 Å². The number of amides is 2. The van der Waals surface area contributed by atoms with Crippen LogP contribution >= 0.6 is 0 Å². The first-order chi connectivity index (χ1) is 17.1. The second-order valence-electron chi connectivity index (χ2n) is 10.1. The molecule has 0 unspecified atom stereocenters. The van der Waals surface area contributed by atoms with Gasteiger partial charge in [0.1, 0.15) is 0 Å². The fourth-order valence-electron chi connectivity index (χ4n) is 4.95. The lowest BCUT2D eigenvalue weighted by Crippen LogP contribution is -2.53. The minimum absolute atomic E-state index is 0.125. The van der Waals surface area contributed by atoms with Gasteiger partial charge in [-0.15, -0.1) is 0 Å². The van der Waals surface area contributed by atoms with Crippen LogP contribution in [0.3, 0.4) is 0 Å². The smallest absolute Gasteiger partial charge is 0.253 e. The molecule has 4 atom stereocenters. The summed E-state index contributed by atoms with van der Waals surface area (Å²) in [7, 11) is 1.59. The molecule has 2 aromatic rings. The molecule has 1 aromatic heterocycles. The number of nitrogens with zero attached hydrogens (tertiary/aromatic N) is 3. The van der Waals surface area contributed by atoms with Gasteiger partial charge in [0.05, 0.1) is 35.7 Å². The summed E-state index contributed by atoms with van der Waals surface area (Å²) in [5.74, 6) is -0.177. The minimum Gasteiger partial charge on any atom is -0.390 e. The van der Waals surface area contributed by atoms with Crippen molar-refractivity contribution in [2.45, 2.75) is 63.8 Å². The molecule has 4 N–H and O–H groups in total. The Morgan fingerprint density at radius 3 is 2.78 bits per heavy atom. The zero-order valence-corrected chi connectivity index (χ0v) is 21.3. The van der Waals surface area contributed by atoms with Gasteiger partial charge in [0.15, 0.2) is 5.96 Å². The minimum atomic E-state index is -0.700. The number of ether oxygens (including phenoxy) is 1. The molecule has 0 radical (unpaired) electrons. The second-order valence-corrected chi connectivity index (χ2v) is 10.1. The number of aliphatic hydroxyl groups excluding tert-OH is 1. The molecule has 9 heteroatoms. The molecule has 2 amide bonds. The zero-order chi connectivity index (χ0) is 26.0. The number of aliphatic hydroxyl groups is 1. The summed E-state index contributed by atoms with van der Waals surface area (Å²) < 4.78 is 5.30. The number of guanidine groups is 1. The number of nitrogens with two attached hydrogens (primary N) is 1. The monoisotopic (exact) mass is 493 g/mol. The van der Waals surface area contributed by atoms with Crippen LogP contribution in [0.25, 0.3) is 0 Å². The van der Waals surface area contributed by atoms with Crippen molar-refractivity contribution in [2.75, 3.05) is 13.7 Å². The Balaban J connectivity index is 1.61. The summed E-state index contributed by atoms with van der Waals surface area (Å²) in [6.45, 7) is 6.36. The highest BCUT2D eigenvalue weighted by molar-refractivity contribution is 5.99. The number of aromatic nitrogens is 1. The van der Waals surface area contributed by atoms with Crippen LogP contribution in [-0.4, -0.2) is 58.1 Å². The van der Waals surface area contributed by atoms with Crippen molar-refractivity contribution in [3.05, 3.63) is 65.0 Å². The average Bonchev–Trinajstić information content (AvgIpc) is 3.15. The normalized spacial score (nSPS) is 24.4. The molecule has 0 bridgehead atoms. The third kappa shape index (κ3) is 4.99. The SMILES string of the molecule is COCC[C@H](c1cncc(C(=O)N[C@@H]2c3ccccc3C[C@H]2O)c1)N1C(=O)C[C@@](C)(C(C)C)N=C1N. The standard InChI is InChI=1S/C27H35N5O4/c1-16(2)27(3)13-23(34)32(26(28)31-27)21(9-10-36-4)18-11-19(15-29-14-18)25(35)30-24-20-8-6-5-7-17(20)12-22(24)33/h5-8,11,14-16,21-22,24,33H,9-10,12-13H2,1-4H3,(H2,28,31)(H,30,35)/t21-,22-,24-,27+/m1/s1. The third-order valence-corrected chi connectivity index (χ3v) is 7.44. The van der Waals surface area contributed by atoms with Crippen LogP contribution in [0.4, 0.5) is 0 Å². The van der Waals surface area contributed by atoms with Crippen LogP contribution in [0, 0.1) is 5.92 Å². The zero-order valence-electron chi connectivity index (χ0n) is 21.3. The Kier molecular flexibility index (Phi) is 7.42. The van der Waals surface area contributed by atoms with Crippen molar-refractivity contribution in [3.63, 3.8) is 0 Å². The number of rotatable bonds is 8. The van der Waals surface area contributed by atoms with Gasteiger partial charge in [-0.25, -0.2) is 4.99 Å². The Morgan fingerprint density at radius 2 is 2.08 bits per heavy atom. The summed E-state index contributed by atoms with van der Waals surface area (Å²) in [5, 5.41) is 13.5. The number of fused-ring (bicyclic) bond motifs is 1. The van der Waals surface area contributed by atoms with Crippen LogP contribution in [0.15, 0.2) is 47.7 Å². The van der Waals surface area contributed by atoms with E-state index < -0.39 is 23.7 Å². The molecule has 2 heterocycles. The number of aliphatic imine (C=N–C) groups is 1. The molecule has 0 saturated carbocycles. The maximum absolute atomic E-state index is 13.3. The van der Waals surface area contributed by atoms with E-state index in [2.05, 4.69) is 15.3 Å². The van der Waals surface area contributed by atoms with E-state index in [0.29, 0.717) is 30.6 Å². The number of nitrogens with one attached hydrogen (secondary N) is 1. The molecular formula is C27H35N5O4. The van der Waals surface area contributed by atoms with Gasteiger partial charge in [-0.3, -0.25) is 19.5 Å². The average molecular weight is 494 g/mol. The number of methoxy groups -OCH3 is 1. The third-order valence-electron chi connectivity index (χ3n) is 7.44. The van der Waals surface area contributed by atoms with Crippen molar-refractivity contribution in [3.8, 4) is 0 Å². The fourth-order valence-corrected chi connectivity index (χ4v) is 4.95. The largest absolute Gasteiger partial charge is 0.390 e. The van der Waals surface area contributed by atoms with Crippen LogP contribution in [0.5, 0.6) is 0 Å². The van der Waals surface area contributed by atoms with E-state index >= 15 is 0 Å². The summed E-state index contributed by atoms with van der Waals surface area (Å²) in [6.07, 6.45) is 3.59. The van der Waals surface area contributed by atoms with Gasteiger partial charge in [-0.05, 0) is 42.0 Å².